The summed E-state index contributed by atoms with van der Waals surface area (Å²) in [5.74, 6) is 0.753. The molecule has 2 aromatic heterocycles. The molecule has 0 radical (unpaired) electrons. The number of halogens is 1. The first-order valence-electron chi connectivity index (χ1n) is 10.1. The van der Waals surface area contributed by atoms with E-state index in [4.69, 9.17) is 4.98 Å². The van der Waals surface area contributed by atoms with Crippen molar-refractivity contribution in [2.45, 2.75) is 23.9 Å². The molecule has 3 heterocycles. The van der Waals surface area contributed by atoms with Crippen LogP contribution in [0.5, 0.6) is 0 Å². The number of aromatic amines is 1. The van der Waals surface area contributed by atoms with E-state index in [2.05, 4.69) is 21.2 Å². The lowest BCUT2D eigenvalue weighted by atomic mass is 9.97. The van der Waals surface area contributed by atoms with Gasteiger partial charge in [0.25, 0.3) is 0 Å². The fourth-order valence-corrected chi connectivity index (χ4v) is 5.58. The summed E-state index contributed by atoms with van der Waals surface area (Å²) in [6, 6.07) is 14.6. The van der Waals surface area contributed by atoms with Crippen LogP contribution in [0, 0.1) is 5.82 Å². The predicted molar refractivity (Wildman–Crippen MR) is 121 cm³/mol. The van der Waals surface area contributed by atoms with Crippen LogP contribution in [0.3, 0.4) is 0 Å². The van der Waals surface area contributed by atoms with Crippen molar-refractivity contribution in [2.24, 2.45) is 0 Å². The number of benzene rings is 2. The second-order valence-corrected chi connectivity index (χ2v) is 9.41. The average Bonchev–Trinajstić information content (AvgIpc) is 3.45. The second kappa shape index (κ2) is 8.76. The molecule has 0 saturated carbocycles. The molecule has 1 aliphatic heterocycles. The standard InChI is InChI=1S/C22H20FN5OS2/c23-16-6-2-1-5-15(16)20-25-22(27-26-20)30-13-19(29)28-11-9-14(10-12-28)21-24-17-7-3-4-8-18(17)31-21/h1-8,14H,9-13H2,(H,25,26,27). The molecule has 1 saturated heterocycles. The first-order chi connectivity index (χ1) is 15.2. The Kier molecular flexibility index (Phi) is 5.69. The van der Waals surface area contributed by atoms with E-state index in [1.165, 1.54) is 27.5 Å². The SMILES string of the molecule is O=C(CSc1n[nH]c(-c2ccccc2F)n1)N1CCC(c2nc3ccccc3s2)CC1. The highest BCUT2D eigenvalue weighted by Gasteiger charge is 2.26. The lowest BCUT2D eigenvalue weighted by Gasteiger charge is -2.31. The van der Waals surface area contributed by atoms with Gasteiger partial charge in [0.15, 0.2) is 5.82 Å². The van der Waals surface area contributed by atoms with E-state index < -0.39 is 0 Å². The van der Waals surface area contributed by atoms with E-state index in [0.29, 0.717) is 22.5 Å². The molecule has 0 spiro atoms. The van der Waals surface area contributed by atoms with Crippen LogP contribution < -0.4 is 0 Å². The maximum atomic E-state index is 13.9. The number of carbonyl (C=O) groups is 1. The van der Waals surface area contributed by atoms with E-state index >= 15 is 0 Å². The molecule has 1 fully saturated rings. The van der Waals surface area contributed by atoms with Gasteiger partial charge < -0.3 is 4.90 Å². The lowest BCUT2D eigenvalue weighted by molar-refractivity contribution is -0.129. The van der Waals surface area contributed by atoms with Crippen molar-refractivity contribution in [3.8, 4) is 11.4 Å². The number of thiazole rings is 1. The predicted octanol–water partition coefficient (Wildman–Crippen LogP) is 4.72. The Morgan fingerprint density at radius 1 is 1.13 bits per heavy atom. The molecule has 6 nitrogen and oxygen atoms in total. The second-order valence-electron chi connectivity index (χ2n) is 7.41. The van der Waals surface area contributed by atoms with Crippen LogP contribution in [0.25, 0.3) is 21.6 Å². The van der Waals surface area contributed by atoms with Crippen LogP contribution in [0.2, 0.25) is 0 Å². The fourth-order valence-electron chi connectivity index (χ4n) is 3.74. The number of fused-ring (bicyclic) bond motifs is 1. The number of thioether (sulfide) groups is 1. The molecular formula is C22H20FN5OS2. The van der Waals surface area contributed by atoms with Crippen LogP contribution in [0.1, 0.15) is 23.8 Å². The number of piperidine rings is 1. The highest BCUT2D eigenvalue weighted by molar-refractivity contribution is 7.99. The van der Waals surface area contributed by atoms with Gasteiger partial charge in [0.05, 0.1) is 26.5 Å². The van der Waals surface area contributed by atoms with E-state index in [0.717, 1.165) is 31.4 Å². The van der Waals surface area contributed by atoms with Gasteiger partial charge in [-0.25, -0.2) is 14.4 Å². The van der Waals surface area contributed by atoms with Crippen LogP contribution >= 0.6 is 23.1 Å². The van der Waals surface area contributed by atoms with E-state index in [1.807, 2.05) is 23.1 Å². The molecule has 1 amide bonds. The van der Waals surface area contributed by atoms with Crippen molar-refractivity contribution >= 4 is 39.2 Å². The fraction of sp³-hybridized carbons (Fsp3) is 0.273. The van der Waals surface area contributed by atoms with Crippen LogP contribution in [0.15, 0.2) is 53.7 Å². The summed E-state index contributed by atoms with van der Waals surface area (Å²) in [7, 11) is 0. The molecule has 0 unspecified atom stereocenters. The molecular weight excluding hydrogens is 433 g/mol. The number of amides is 1. The number of hydrogen-bond donors (Lipinski definition) is 1. The number of carbonyl (C=O) groups excluding carboxylic acids is 1. The number of rotatable bonds is 5. The molecule has 158 valence electrons. The Hall–Kier alpha value is -2.78. The summed E-state index contributed by atoms with van der Waals surface area (Å²) in [6.07, 6.45) is 1.85. The number of nitrogens with zero attached hydrogens (tertiary/aromatic N) is 4. The Morgan fingerprint density at radius 3 is 2.71 bits per heavy atom. The van der Waals surface area contributed by atoms with Crippen molar-refractivity contribution in [1.29, 1.82) is 0 Å². The zero-order valence-electron chi connectivity index (χ0n) is 16.6. The third kappa shape index (κ3) is 4.33. The van der Waals surface area contributed by atoms with Crippen LogP contribution in [-0.4, -0.2) is 49.8 Å². The minimum Gasteiger partial charge on any atom is -0.342 e. The lowest BCUT2D eigenvalue weighted by Crippen LogP contribution is -2.38. The van der Waals surface area contributed by atoms with E-state index in [1.54, 1.807) is 29.5 Å². The highest BCUT2D eigenvalue weighted by Crippen LogP contribution is 2.34. The summed E-state index contributed by atoms with van der Waals surface area (Å²) in [5.41, 5.74) is 1.42. The summed E-state index contributed by atoms with van der Waals surface area (Å²) < 4.78 is 15.1. The van der Waals surface area contributed by atoms with E-state index in [9.17, 15) is 9.18 Å². The summed E-state index contributed by atoms with van der Waals surface area (Å²) in [6.45, 7) is 1.46. The van der Waals surface area contributed by atoms with Gasteiger partial charge in [0, 0.05) is 19.0 Å². The topological polar surface area (TPSA) is 74.8 Å². The number of aromatic nitrogens is 4. The van der Waals surface area contributed by atoms with Gasteiger partial charge in [-0.2, -0.15) is 0 Å². The van der Waals surface area contributed by atoms with Gasteiger partial charge in [0.2, 0.25) is 11.1 Å². The van der Waals surface area contributed by atoms with E-state index in [-0.39, 0.29) is 17.5 Å². The minimum absolute atomic E-state index is 0.0741. The third-order valence-electron chi connectivity index (χ3n) is 5.43. The largest absolute Gasteiger partial charge is 0.342 e. The number of H-pyrrole nitrogens is 1. The van der Waals surface area contributed by atoms with Crippen molar-refractivity contribution in [3.63, 3.8) is 0 Å². The van der Waals surface area contributed by atoms with Gasteiger partial charge >= 0.3 is 0 Å². The van der Waals surface area contributed by atoms with Gasteiger partial charge in [0.1, 0.15) is 5.82 Å². The maximum Gasteiger partial charge on any atom is 0.233 e. The zero-order chi connectivity index (χ0) is 21.2. The van der Waals surface area contributed by atoms with Gasteiger partial charge in [-0.05, 0) is 37.1 Å². The molecule has 0 aliphatic carbocycles. The average molecular weight is 454 g/mol. The third-order valence-corrected chi connectivity index (χ3v) is 7.46. The summed E-state index contributed by atoms with van der Waals surface area (Å²) >= 11 is 3.02. The first-order valence-corrected chi connectivity index (χ1v) is 11.9. The Balaban J connectivity index is 1.15. The molecule has 0 bridgehead atoms. The minimum atomic E-state index is -0.359. The molecule has 5 rings (SSSR count). The quantitative estimate of drug-likeness (QED) is 0.443. The molecule has 1 N–H and O–H groups in total. The maximum absolute atomic E-state index is 13.9. The Bertz CT molecular complexity index is 1180. The zero-order valence-corrected chi connectivity index (χ0v) is 18.3. The van der Waals surface area contributed by atoms with Crippen molar-refractivity contribution in [1.82, 2.24) is 25.1 Å². The number of para-hydroxylation sites is 1. The van der Waals surface area contributed by atoms with Gasteiger partial charge in [-0.3, -0.25) is 9.89 Å². The summed E-state index contributed by atoms with van der Waals surface area (Å²) in [4.78, 5) is 23.6. The Morgan fingerprint density at radius 2 is 1.90 bits per heavy atom. The first kappa shape index (κ1) is 20.1. The van der Waals surface area contributed by atoms with Gasteiger partial charge in [-0.1, -0.05) is 36.0 Å². The van der Waals surface area contributed by atoms with Crippen molar-refractivity contribution in [3.05, 3.63) is 59.4 Å². The van der Waals surface area contributed by atoms with Crippen LogP contribution in [-0.2, 0) is 4.79 Å². The normalized spacial score (nSPS) is 14.9. The summed E-state index contributed by atoms with van der Waals surface area (Å²) in [5, 5.41) is 8.47. The highest BCUT2D eigenvalue weighted by atomic mass is 32.2. The molecule has 2 aromatic carbocycles. The molecule has 0 atom stereocenters. The van der Waals surface area contributed by atoms with Crippen molar-refractivity contribution < 1.29 is 9.18 Å². The Labute approximate surface area is 186 Å². The van der Waals surface area contributed by atoms with Crippen LogP contribution in [0.4, 0.5) is 4.39 Å². The van der Waals surface area contributed by atoms with Gasteiger partial charge in [-0.15, -0.1) is 16.4 Å². The number of nitrogens with one attached hydrogen (secondary N) is 1. The molecule has 31 heavy (non-hydrogen) atoms. The smallest absolute Gasteiger partial charge is 0.233 e. The molecule has 1 aliphatic rings. The van der Waals surface area contributed by atoms with Crippen molar-refractivity contribution in [2.75, 3.05) is 18.8 Å². The number of likely N-dealkylation sites (tertiary alicyclic amines) is 1. The molecule has 9 heteroatoms. The number of hydrogen-bond acceptors (Lipinski definition) is 6. The monoisotopic (exact) mass is 453 g/mol. The molecule has 4 aromatic rings.